The van der Waals surface area contributed by atoms with Gasteiger partial charge in [-0.25, -0.2) is 0 Å². The second kappa shape index (κ2) is 5.73. The van der Waals surface area contributed by atoms with Gasteiger partial charge in [-0.3, -0.25) is 0 Å². The lowest BCUT2D eigenvalue weighted by atomic mass is 9.45. The topological polar surface area (TPSA) is 0 Å². The number of allylic oxidation sites excluding steroid dienone is 6. The Morgan fingerprint density at radius 2 is 2.00 bits per heavy atom. The van der Waals surface area contributed by atoms with Gasteiger partial charge >= 0.3 is 0 Å². The third-order valence-electron chi connectivity index (χ3n) is 8.84. The lowest BCUT2D eigenvalue weighted by Gasteiger charge is -2.60. The van der Waals surface area contributed by atoms with Crippen molar-refractivity contribution >= 4 is 0 Å². The summed E-state index contributed by atoms with van der Waals surface area (Å²) in [5.41, 5.74) is 5.13. The van der Waals surface area contributed by atoms with Crippen LogP contribution in [-0.4, -0.2) is 0 Å². The van der Waals surface area contributed by atoms with Crippen LogP contribution >= 0.6 is 0 Å². The smallest absolute Gasteiger partial charge is 0.0103 e. The molecule has 0 bridgehead atoms. The summed E-state index contributed by atoms with van der Waals surface area (Å²) < 4.78 is 0. The first-order valence-corrected chi connectivity index (χ1v) is 10.6. The molecule has 0 aromatic rings. The van der Waals surface area contributed by atoms with Crippen molar-refractivity contribution < 1.29 is 0 Å². The second-order valence-electron chi connectivity index (χ2n) is 10.0. The fourth-order valence-corrected chi connectivity index (χ4v) is 7.89. The molecule has 3 fully saturated rings. The van der Waals surface area contributed by atoms with Crippen LogP contribution in [-0.2, 0) is 0 Å². The van der Waals surface area contributed by atoms with Crippen LogP contribution in [0.15, 0.2) is 48.1 Å². The van der Waals surface area contributed by atoms with Gasteiger partial charge in [-0.15, -0.1) is 0 Å². The molecule has 0 aliphatic heterocycles. The molecule has 136 valence electrons. The van der Waals surface area contributed by atoms with E-state index in [2.05, 4.69) is 59.1 Å². The Bertz CT molecular complexity index is 662. The van der Waals surface area contributed by atoms with E-state index in [1.54, 1.807) is 5.57 Å². The minimum Gasteiger partial charge on any atom is -0.0996 e. The molecule has 7 atom stereocenters. The highest BCUT2D eigenvalue weighted by Gasteiger charge is 2.60. The molecule has 4 unspecified atom stereocenters. The molecule has 4 aliphatic carbocycles. The average Bonchev–Trinajstić information content (AvgIpc) is 2.91. The van der Waals surface area contributed by atoms with Crippen LogP contribution in [0.2, 0.25) is 0 Å². The van der Waals surface area contributed by atoms with Crippen LogP contribution < -0.4 is 0 Å². The van der Waals surface area contributed by atoms with Crippen LogP contribution in [0.1, 0.15) is 66.2 Å². The van der Waals surface area contributed by atoms with Gasteiger partial charge in [0, 0.05) is 5.41 Å². The highest BCUT2D eigenvalue weighted by atomic mass is 14.6. The van der Waals surface area contributed by atoms with Crippen LogP contribution in [0.3, 0.4) is 0 Å². The predicted molar refractivity (Wildman–Crippen MR) is 108 cm³/mol. The summed E-state index contributed by atoms with van der Waals surface area (Å²) in [5.74, 6) is 4.16. The van der Waals surface area contributed by atoms with E-state index < -0.39 is 0 Å². The summed E-state index contributed by atoms with van der Waals surface area (Å²) in [7, 11) is 0. The summed E-state index contributed by atoms with van der Waals surface area (Å²) in [4.78, 5) is 0. The van der Waals surface area contributed by atoms with Crippen molar-refractivity contribution in [1.29, 1.82) is 0 Å². The third kappa shape index (κ3) is 2.32. The Morgan fingerprint density at radius 3 is 2.72 bits per heavy atom. The quantitative estimate of drug-likeness (QED) is 0.471. The number of hydrogen-bond donors (Lipinski definition) is 0. The van der Waals surface area contributed by atoms with Crippen LogP contribution in [0, 0.1) is 40.4 Å². The molecule has 0 radical (unpaired) electrons. The van der Waals surface area contributed by atoms with E-state index in [4.69, 9.17) is 0 Å². The number of hydrogen-bond acceptors (Lipinski definition) is 0. The van der Waals surface area contributed by atoms with E-state index in [0.717, 1.165) is 36.0 Å². The Labute approximate surface area is 155 Å². The zero-order chi connectivity index (χ0) is 18.0. The largest absolute Gasteiger partial charge is 0.0996 e. The minimum absolute atomic E-state index is 0.269. The van der Waals surface area contributed by atoms with Crippen molar-refractivity contribution in [3.8, 4) is 0 Å². The molecular formula is C25H36. The Kier molecular flexibility index (Phi) is 3.98. The molecular weight excluding hydrogens is 300 g/mol. The van der Waals surface area contributed by atoms with E-state index in [1.165, 1.54) is 43.3 Å². The zero-order valence-electron chi connectivity index (χ0n) is 16.8. The maximum absolute atomic E-state index is 4.48. The molecule has 0 heterocycles. The summed E-state index contributed by atoms with van der Waals surface area (Å²) in [6.45, 7) is 18.7. The van der Waals surface area contributed by atoms with E-state index in [9.17, 15) is 0 Å². The molecule has 0 amide bonds. The van der Waals surface area contributed by atoms with E-state index in [0.29, 0.717) is 5.41 Å². The number of fused-ring (bicyclic) bond motifs is 5. The lowest BCUT2D eigenvalue weighted by molar-refractivity contribution is -0.0642. The van der Waals surface area contributed by atoms with Gasteiger partial charge in [-0.05, 0) is 79.1 Å². The van der Waals surface area contributed by atoms with E-state index in [1.807, 2.05) is 0 Å². The Morgan fingerprint density at radius 1 is 1.24 bits per heavy atom. The zero-order valence-corrected chi connectivity index (χ0v) is 16.8. The van der Waals surface area contributed by atoms with E-state index >= 15 is 0 Å². The predicted octanol–water partition coefficient (Wildman–Crippen LogP) is 7.11. The van der Waals surface area contributed by atoms with Gasteiger partial charge in [0.25, 0.3) is 0 Å². The van der Waals surface area contributed by atoms with Gasteiger partial charge in [0.05, 0.1) is 0 Å². The standard InChI is InChI=1S/C25H36/c1-7-17(3)21-10-11-22-20-9-8-19-14-16(2)12-13-24(19,5)23(20)18(4)15-25(21,22)6/h12-14,18,20-23H,2-3,7-11,15H2,1,4-6H3/t18-,20?,21?,22?,23?,24-,25+/m0/s1. The van der Waals surface area contributed by atoms with Crippen LogP contribution in [0.5, 0.6) is 0 Å². The Hall–Kier alpha value is -1.04. The summed E-state index contributed by atoms with van der Waals surface area (Å²) in [5, 5.41) is 0. The first-order valence-electron chi connectivity index (χ1n) is 10.6. The van der Waals surface area contributed by atoms with Crippen LogP contribution in [0.4, 0.5) is 0 Å². The SMILES string of the molecule is C=C1C=C[C@@]2(C)C(=C1)CCC1C3CCC(C(=C)CC)[C@@]3(C)C[C@H](C)C12. The minimum atomic E-state index is 0.269. The molecule has 0 spiro atoms. The van der Waals surface area contributed by atoms with Crippen molar-refractivity contribution in [3.05, 3.63) is 48.1 Å². The van der Waals surface area contributed by atoms with Gasteiger partial charge in [-0.1, -0.05) is 70.2 Å². The highest BCUT2D eigenvalue weighted by molar-refractivity contribution is 5.43. The molecule has 0 N–H and O–H groups in total. The second-order valence-corrected chi connectivity index (χ2v) is 10.0. The average molecular weight is 337 g/mol. The van der Waals surface area contributed by atoms with Crippen molar-refractivity contribution in [1.82, 2.24) is 0 Å². The molecule has 25 heavy (non-hydrogen) atoms. The van der Waals surface area contributed by atoms with Gasteiger partial charge in [-0.2, -0.15) is 0 Å². The molecule has 0 aromatic heterocycles. The van der Waals surface area contributed by atoms with Gasteiger partial charge in [0.1, 0.15) is 0 Å². The van der Waals surface area contributed by atoms with Crippen LogP contribution in [0.25, 0.3) is 0 Å². The monoisotopic (exact) mass is 336 g/mol. The summed E-state index contributed by atoms with van der Waals surface area (Å²) in [6, 6.07) is 0. The van der Waals surface area contributed by atoms with Gasteiger partial charge in [0.2, 0.25) is 0 Å². The van der Waals surface area contributed by atoms with Crippen molar-refractivity contribution in [2.75, 3.05) is 0 Å². The summed E-state index contributed by atoms with van der Waals surface area (Å²) in [6.07, 6.45) is 15.2. The molecule has 0 heteroatoms. The maximum Gasteiger partial charge on any atom is 0.0103 e. The van der Waals surface area contributed by atoms with Crippen molar-refractivity contribution in [2.45, 2.75) is 66.2 Å². The fraction of sp³-hybridized carbons (Fsp3) is 0.680. The highest BCUT2D eigenvalue weighted by Crippen LogP contribution is 2.68. The summed E-state index contributed by atoms with van der Waals surface area (Å²) >= 11 is 0. The third-order valence-corrected chi connectivity index (χ3v) is 8.84. The van der Waals surface area contributed by atoms with E-state index in [-0.39, 0.29) is 5.41 Å². The molecule has 3 saturated carbocycles. The normalized spacial score (nSPS) is 48.4. The van der Waals surface area contributed by atoms with Gasteiger partial charge < -0.3 is 0 Å². The number of rotatable bonds is 2. The van der Waals surface area contributed by atoms with Crippen molar-refractivity contribution in [2.24, 2.45) is 40.4 Å². The molecule has 0 nitrogen and oxygen atoms in total. The molecule has 4 aliphatic rings. The molecule has 4 rings (SSSR count). The first kappa shape index (κ1) is 17.4. The molecule has 0 saturated heterocycles. The first-order chi connectivity index (χ1) is 11.8. The Balaban J connectivity index is 1.71. The fourth-order valence-electron chi connectivity index (χ4n) is 7.89. The van der Waals surface area contributed by atoms with Gasteiger partial charge in [0.15, 0.2) is 0 Å². The maximum atomic E-state index is 4.48. The molecule has 0 aromatic carbocycles. The van der Waals surface area contributed by atoms with Crippen molar-refractivity contribution in [3.63, 3.8) is 0 Å². The lowest BCUT2D eigenvalue weighted by Crippen LogP contribution is -2.53.